The van der Waals surface area contributed by atoms with E-state index in [2.05, 4.69) is 24.9 Å². The van der Waals surface area contributed by atoms with Crippen LogP contribution in [-0.4, -0.2) is 23.6 Å². The van der Waals surface area contributed by atoms with E-state index in [1.54, 1.807) is 0 Å². The van der Waals surface area contributed by atoms with Gasteiger partial charge in [0.1, 0.15) is 10.8 Å². The summed E-state index contributed by atoms with van der Waals surface area (Å²) in [4.78, 5) is 7.35. The summed E-state index contributed by atoms with van der Waals surface area (Å²) >= 11 is 5.14. The van der Waals surface area contributed by atoms with Crippen LogP contribution in [0.5, 0.6) is 0 Å². The van der Waals surface area contributed by atoms with Crippen LogP contribution in [0.2, 0.25) is 0 Å². The molecular weight excluding hydrogens is 230 g/mol. The highest BCUT2D eigenvalue weighted by atomic mass is 32.1. The molecule has 1 heterocycles. The number of hydrogen-bond acceptors (Lipinski definition) is 3. The van der Waals surface area contributed by atoms with Gasteiger partial charge >= 0.3 is 0 Å². The molecule has 17 heavy (non-hydrogen) atoms. The molecule has 3 nitrogen and oxygen atoms in total. The summed E-state index contributed by atoms with van der Waals surface area (Å²) in [5.74, 6) is 0.944. The molecule has 0 fully saturated rings. The molecule has 92 valence electrons. The Morgan fingerprint density at radius 3 is 2.94 bits per heavy atom. The van der Waals surface area contributed by atoms with Crippen LogP contribution in [0.4, 0.5) is 5.82 Å². The topological polar surface area (TPSA) is 42.2 Å². The highest BCUT2D eigenvalue weighted by molar-refractivity contribution is 7.80. The SMILES string of the molecule is CCCN(C)c1nc2c(cc1C(N)=S)CCC2. The minimum absolute atomic E-state index is 0.449. The molecule has 2 N–H and O–H groups in total. The molecule has 2 rings (SSSR count). The molecule has 0 atom stereocenters. The number of rotatable bonds is 4. The zero-order valence-corrected chi connectivity index (χ0v) is 11.3. The number of thiocarbonyl (C=S) groups is 1. The van der Waals surface area contributed by atoms with Gasteiger partial charge in [0, 0.05) is 19.3 Å². The summed E-state index contributed by atoms with van der Waals surface area (Å²) in [6, 6.07) is 2.14. The molecule has 0 aromatic carbocycles. The third kappa shape index (κ3) is 2.41. The number of anilines is 1. The lowest BCUT2D eigenvalue weighted by Gasteiger charge is -2.21. The molecule has 1 aromatic rings. The number of aromatic nitrogens is 1. The van der Waals surface area contributed by atoms with Crippen molar-refractivity contribution in [2.45, 2.75) is 32.6 Å². The Labute approximate surface area is 108 Å². The molecule has 1 aliphatic carbocycles. The standard InChI is InChI=1S/C13H19N3S/c1-3-7-16(2)13-10(12(14)17)8-9-5-4-6-11(9)15-13/h8H,3-7H2,1-2H3,(H2,14,17). The molecule has 0 saturated heterocycles. The second kappa shape index (κ2) is 5.00. The van der Waals surface area contributed by atoms with Gasteiger partial charge in [-0.2, -0.15) is 0 Å². The Hall–Kier alpha value is -1.16. The summed E-state index contributed by atoms with van der Waals surface area (Å²) in [5, 5.41) is 0. The number of nitrogens with zero attached hydrogens (tertiary/aromatic N) is 2. The lowest BCUT2D eigenvalue weighted by atomic mass is 10.1. The maximum absolute atomic E-state index is 5.81. The number of aryl methyl sites for hydroxylation is 2. The van der Waals surface area contributed by atoms with Crippen LogP contribution in [0.15, 0.2) is 6.07 Å². The molecule has 0 aliphatic heterocycles. The lowest BCUT2D eigenvalue weighted by Crippen LogP contribution is -2.24. The van der Waals surface area contributed by atoms with Crippen LogP contribution >= 0.6 is 12.2 Å². The van der Waals surface area contributed by atoms with Gasteiger partial charge in [0.25, 0.3) is 0 Å². The van der Waals surface area contributed by atoms with E-state index in [9.17, 15) is 0 Å². The van der Waals surface area contributed by atoms with Gasteiger partial charge in [-0.1, -0.05) is 19.1 Å². The first kappa shape index (κ1) is 12.3. The van der Waals surface area contributed by atoms with Crippen LogP contribution in [0.1, 0.15) is 36.6 Å². The second-order valence-corrected chi connectivity index (χ2v) is 5.04. The summed E-state index contributed by atoms with van der Waals surface area (Å²) < 4.78 is 0. The Morgan fingerprint density at radius 1 is 1.53 bits per heavy atom. The van der Waals surface area contributed by atoms with E-state index in [-0.39, 0.29) is 0 Å². The van der Waals surface area contributed by atoms with Crippen LogP contribution < -0.4 is 10.6 Å². The maximum atomic E-state index is 5.81. The molecule has 0 saturated carbocycles. The van der Waals surface area contributed by atoms with E-state index in [0.29, 0.717) is 4.99 Å². The summed E-state index contributed by atoms with van der Waals surface area (Å²) in [5.41, 5.74) is 9.28. The van der Waals surface area contributed by atoms with Gasteiger partial charge in [0.2, 0.25) is 0 Å². The van der Waals surface area contributed by atoms with E-state index >= 15 is 0 Å². The van der Waals surface area contributed by atoms with E-state index in [0.717, 1.165) is 37.2 Å². The average Bonchev–Trinajstić information content (AvgIpc) is 2.74. The highest BCUT2D eigenvalue weighted by Gasteiger charge is 2.19. The van der Waals surface area contributed by atoms with Crippen molar-refractivity contribution in [3.8, 4) is 0 Å². The first-order chi connectivity index (χ1) is 8.13. The number of fused-ring (bicyclic) bond motifs is 1. The van der Waals surface area contributed by atoms with Crippen LogP contribution in [0.3, 0.4) is 0 Å². The fourth-order valence-electron chi connectivity index (χ4n) is 2.37. The van der Waals surface area contributed by atoms with Crippen molar-refractivity contribution >= 4 is 23.0 Å². The lowest BCUT2D eigenvalue weighted by molar-refractivity contribution is 0.829. The Balaban J connectivity index is 2.45. The van der Waals surface area contributed by atoms with E-state index in [1.165, 1.54) is 17.7 Å². The zero-order chi connectivity index (χ0) is 12.4. The molecule has 0 unspecified atom stereocenters. The van der Waals surface area contributed by atoms with Crippen LogP contribution in [0.25, 0.3) is 0 Å². The Bertz CT molecular complexity index is 443. The van der Waals surface area contributed by atoms with Gasteiger partial charge in [-0.25, -0.2) is 4.98 Å². The van der Waals surface area contributed by atoms with Gasteiger partial charge in [-0.05, 0) is 37.3 Å². The predicted octanol–water partition coefficient (Wildman–Crippen LogP) is 2.05. The second-order valence-electron chi connectivity index (χ2n) is 4.60. The number of pyridine rings is 1. The van der Waals surface area contributed by atoms with Crippen LogP contribution in [-0.2, 0) is 12.8 Å². The van der Waals surface area contributed by atoms with Crippen molar-refractivity contribution in [1.29, 1.82) is 0 Å². The van der Waals surface area contributed by atoms with Gasteiger partial charge in [0.15, 0.2) is 0 Å². The number of nitrogens with two attached hydrogens (primary N) is 1. The quantitative estimate of drug-likeness (QED) is 0.829. The third-order valence-electron chi connectivity index (χ3n) is 3.22. The number of hydrogen-bond donors (Lipinski definition) is 1. The van der Waals surface area contributed by atoms with E-state index < -0.39 is 0 Å². The Morgan fingerprint density at radius 2 is 2.29 bits per heavy atom. The first-order valence-corrected chi connectivity index (χ1v) is 6.58. The summed E-state index contributed by atoms with van der Waals surface area (Å²) in [6.45, 7) is 3.13. The first-order valence-electron chi connectivity index (χ1n) is 6.17. The normalized spacial score (nSPS) is 13.5. The molecule has 0 amide bonds. The Kier molecular flexibility index (Phi) is 3.62. The van der Waals surface area contributed by atoms with Crippen molar-refractivity contribution in [2.75, 3.05) is 18.5 Å². The molecule has 4 heteroatoms. The largest absolute Gasteiger partial charge is 0.389 e. The average molecular weight is 249 g/mol. The van der Waals surface area contributed by atoms with Crippen molar-refractivity contribution in [3.05, 3.63) is 22.9 Å². The molecule has 1 aromatic heterocycles. The smallest absolute Gasteiger partial charge is 0.138 e. The minimum Gasteiger partial charge on any atom is -0.389 e. The minimum atomic E-state index is 0.449. The van der Waals surface area contributed by atoms with Gasteiger partial charge in [-0.15, -0.1) is 0 Å². The maximum Gasteiger partial charge on any atom is 0.138 e. The van der Waals surface area contributed by atoms with Gasteiger partial charge in [-0.3, -0.25) is 0 Å². The molecule has 0 spiro atoms. The van der Waals surface area contributed by atoms with E-state index in [1.807, 2.05) is 0 Å². The van der Waals surface area contributed by atoms with Gasteiger partial charge in [0.05, 0.1) is 5.56 Å². The van der Waals surface area contributed by atoms with Crippen molar-refractivity contribution in [1.82, 2.24) is 4.98 Å². The molecule has 0 radical (unpaired) electrons. The fourth-order valence-corrected chi connectivity index (χ4v) is 2.52. The monoisotopic (exact) mass is 249 g/mol. The zero-order valence-electron chi connectivity index (χ0n) is 10.5. The fraction of sp³-hybridized carbons (Fsp3) is 0.538. The van der Waals surface area contributed by atoms with Crippen molar-refractivity contribution in [2.24, 2.45) is 5.73 Å². The predicted molar refractivity (Wildman–Crippen MR) is 75.7 cm³/mol. The van der Waals surface area contributed by atoms with E-state index in [4.69, 9.17) is 22.9 Å². The highest BCUT2D eigenvalue weighted by Crippen LogP contribution is 2.27. The molecule has 0 bridgehead atoms. The van der Waals surface area contributed by atoms with Gasteiger partial charge < -0.3 is 10.6 Å². The van der Waals surface area contributed by atoms with Crippen LogP contribution in [0, 0.1) is 0 Å². The third-order valence-corrected chi connectivity index (χ3v) is 3.44. The van der Waals surface area contributed by atoms with Crippen molar-refractivity contribution in [3.63, 3.8) is 0 Å². The molecular formula is C13H19N3S. The summed E-state index contributed by atoms with van der Waals surface area (Å²) in [6.07, 6.45) is 4.47. The van der Waals surface area contributed by atoms with Crippen molar-refractivity contribution < 1.29 is 0 Å². The summed E-state index contributed by atoms with van der Waals surface area (Å²) in [7, 11) is 2.05. The molecule has 1 aliphatic rings.